The molecule has 1 N–H and O–H groups in total. The van der Waals surface area contributed by atoms with E-state index in [0.29, 0.717) is 43.4 Å². The van der Waals surface area contributed by atoms with Crippen LogP contribution in [0, 0.1) is 11.3 Å². The topological polar surface area (TPSA) is 133 Å². The van der Waals surface area contributed by atoms with Crippen LogP contribution in [0.25, 0.3) is 11.7 Å². The molecule has 0 atom stereocenters. The van der Waals surface area contributed by atoms with Crippen molar-refractivity contribution in [2.45, 2.75) is 0 Å². The van der Waals surface area contributed by atoms with Crippen molar-refractivity contribution in [3.05, 3.63) is 52.9 Å². The van der Waals surface area contributed by atoms with Gasteiger partial charge in [-0.25, -0.2) is 8.42 Å². The number of carbonyl (C=O) groups excluding carboxylic acids is 1. The van der Waals surface area contributed by atoms with Gasteiger partial charge in [0, 0.05) is 31.7 Å². The molecule has 2 aromatic heterocycles. The second-order valence-electron chi connectivity index (χ2n) is 7.11. The summed E-state index contributed by atoms with van der Waals surface area (Å²) in [5.74, 6) is 0.708. The number of nitrogens with one attached hydrogen (secondary N) is 1. The number of nitrogens with zero attached hydrogens (tertiary/aromatic N) is 4. The van der Waals surface area contributed by atoms with E-state index in [1.807, 2.05) is 11.0 Å². The molecule has 0 saturated carbocycles. The van der Waals surface area contributed by atoms with E-state index in [2.05, 4.69) is 9.71 Å². The summed E-state index contributed by atoms with van der Waals surface area (Å²) in [6.45, 7) is 1.60. The van der Waals surface area contributed by atoms with Crippen LogP contribution < -0.4 is 9.62 Å². The summed E-state index contributed by atoms with van der Waals surface area (Å²) in [4.78, 5) is 20.6. The number of hydrogen-bond donors (Lipinski definition) is 1. The largest absolute Gasteiger partial charge is 0.459 e. The molecule has 4 rings (SSSR count). The van der Waals surface area contributed by atoms with Crippen LogP contribution in [0.15, 0.2) is 45.4 Å². The van der Waals surface area contributed by atoms with Crippen LogP contribution >= 0.6 is 11.6 Å². The van der Waals surface area contributed by atoms with Crippen LogP contribution in [0.5, 0.6) is 0 Å². The van der Waals surface area contributed by atoms with Gasteiger partial charge in [0.15, 0.2) is 5.76 Å². The Labute approximate surface area is 189 Å². The molecule has 1 saturated heterocycles. The van der Waals surface area contributed by atoms with Crippen molar-refractivity contribution in [3.8, 4) is 17.7 Å². The Morgan fingerprint density at radius 1 is 1.25 bits per heavy atom. The quantitative estimate of drug-likeness (QED) is 0.595. The Hall–Kier alpha value is -3.49. The number of aromatic nitrogens is 1. The Kier molecular flexibility index (Phi) is 5.82. The van der Waals surface area contributed by atoms with Gasteiger partial charge >= 0.3 is 0 Å². The lowest BCUT2D eigenvalue weighted by Crippen LogP contribution is -2.48. The maximum absolute atomic E-state index is 12.9. The number of amides is 1. The smallest absolute Gasteiger partial charge is 0.266 e. The average Bonchev–Trinajstić information content (AvgIpc) is 3.43. The molecule has 1 fully saturated rings. The van der Waals surface area contributed by atoms with E-state index < -0.39 is 10.0 Å². The first-order valence-electron chi connectivity index (χ1n) is 9.51. The number of nitriles is 1. The highest BCUT2D eigenvalue weighted by atomic mass is 35.5. The van der Waals surface area contributed by atoms with Gasteiger partial charge in [-0.15, -0.1) is 0 Å². The minimum absolute atomic E-state index is 0.143. The molecule has 1 aliphatic rings. The van der Waals surface area contributed by atoms with Crippen molar-refractivity contribution in [2.75, 3.05) is 42.1 Å². The summed E-state index contributed by atoms with van der Waals surface area (Å²) < 4.78 is 36.4. The zero-order valence-electron chi connectivity index (χ0n) is 16.9. The third kappa shape index (κ3) is 4.56. The maximum atomic E-state index is 12.9. The van der Waals surface area contributed by atoms with Gasteiger partial charge < -0.3 is 18.6 Å². The number of anilines is 2. The van der Waals surface area contributed by atoms with Crippen molar-refractivity contribution >= 4 is 39.1 Å². The molecule has 0 spiro atoms. The van der Waals surface area contributed by atoms with Gasteiger partial charge in [0.25, 0.3) is 11.8 Å². The van der Waals surface area contributed by atoms with Crippen molar-refractivity contribution in [3.63, 3.8) is 0 Å². The molecule has 166 valence electrons. The second-order valence-corrected chi connectivity index (χ2v) is 9.27. The summed E-state index contributed by atoms with van der Waals surface area (Å²) >= 11 is 6.04. The molecule has 10 nitrogen and oxygen atoms in total. The lowest BCUT2D eigenvalue weighted by Gasteiger charge is -2.34. The number of oxazole rings is 1. The zero-order chi connectivity index (χ0) is 22.9. The fourth-order valence-corrected chi connectivity index (χ4v) is 4.13. The van der Waals surface area contributed by atoms with Crippen LogP contribution in [-0.4, -0.2) is 56.6 Å². The van der Waals surface area contributed by atoms with Gasteiger partial charge in [-0.05, 0) is 30.3 Å². The molecule has 3 heterocycles. The Morgan fingerprint density at radius 2 is 2.00 bits per heavy atom. The number of rotatable bonds is 5. The monoisotopic (exact) mass is 475 g/mol. The van der Waals surface area contributed by atoms with Crippen LogP contribution in [0.3, 0.4) is 0 Å². The lowest BCUT2D eigenvalue weighted by atomic mass is 10.1. The first-order valence-corrected chi connectivity index (χ1v) is 11.8. The van der Waals surface area contributed by atoms with Crippen molar-refractivity contribution in [2.24, 2.45) is 0 Å². The fourth-order valence-electron chi connectivity index (χ4n) is 3.34. The van der Waals surface area contributed by atoms with Gasteiger partial charge in [-0.3, -0.25) is 9.52 Å². The molecule has 0 unspecified atom stereocenters. The van der Waals surface area contributed by atoms with Crippen LogP contribution in [0.1, 0.15) is 16.1 Å². The Morgan fingerprint density at radius 3 is 2.62 bits per heavy atom. The summed E-state index contributed by atoms with van der Waals surface area (Å²) in [6.07, 6.45) is 2.50. The second kappa shape index (κ2) is 8.57. The van der Waals surface area contributed by atoms with E-state index in [1.54, 1.807) is 23.1 Å². The highest BCUT2D eigenvalue weighted by Gasteiger charge is 2.28. The zero-order valence-corrected chi connectivity index (χ0v) is 18.5. The van der Waals surface area contributed by atoms with Crippen molar-refractivity contribution in [1.29, 1.82) is 5.26 Å². The van der Waals surface area contributed by atoms with E-state index in [1.165, 1.54) is 18.4 Å². The molecular formula is C20H18ClN5O5S. The number of benzene rings is 1. The van der Waals surface area contributed by atoms with E-state index >= 15 is 0 Å². The molecule has 1 amide bonds. The fraction of sp³-hybridized carbons (Fsp3) is 0.250. The number of hydrogen-bond acceptors (Lipinski definition) is 8. The number of halogens is 1. The molecule has 0 radical (unpaired) electrons. The third-order valence-electron chi connectivity index (χ3n) is 4.81. The lowest BCUT2D eigenvalue weighted by molar-refractivity contribution is 0.0745. The summed E-state index contributed by atoms with van der Waals surface area (Å²) in [5, 5.41) is 9.62. The van der Waals surface area contributed by atoms with Crippen LogP contribution in [0.2, 0.25) is 5.02 Å². The predicted octanol–water partition coefficient (Wildman–Crippen LogP) is 2.79. The molecule has 12 heteroatoms. The minimum Gasteiger partial charge on any atom is -0.459 e. The molecule has 1 aliphatic heterocycles. The van der Waals surface area contributed by atoms with Gasteiger partial charge in [0.1, 0.15) is 6.07 Å². The Bertz CT molecular complexity index is 1290. The SMILES string of the molecule is CS(=O)(=O)Nc1cc(C(=O)N2CCN(c3oc(-c4ccco4)nc3C#N)CC2)ccc1Cl. The number of sulfonamides is 1. The van der Waals surface area contributed by atoms with E-state index in [4.69, 9.17) is 20.4 Å². The van der Waals surface area contributed by atoms with Gasteiger partial charge in [-0.2, -0.15) is 10.2 Å². The average molecular weight is 476 g/mol. The predicted molar refractivity (Wildman–Crippen MR) is 117 cm³/mol. The van der Waals surface area contributed by atoms with Crippen LogP contribution in [0.4, 0.5) is 11.6 Å². The summed E-state index contributed by atoms with van der Waals surface area (Å²) in [5.41, 5.74) is 0.598. The maximum Gasteiger partial charge on any atom is 0.266 e. The van der Waals surface area contributed by atoms with E-state index in [-0.39, 0.29) is 28.2 Å². The number of carbonyl (C=O) groups is 1. The first-order chi connectivity index (χ1) is 15.2. The van der Waals surface area contributed by atoms with Gasteiger partial charge in [0.2, 0.25) is 21.6 Å². The molecule has 1 aromatic carbocycles. The molecular weight excluding hydrogens is 458 g/mol. The van der Waals surface area contributed by atoms with E-state index in [0.717, 1.165) is 6.26 Å². The standard InChI is InChI=1S/C20H18ClN5O5S/c1-32(28,29)24-15-11-13(4-5-14(15)21)19(27)25-6-8-26(9-7-25)20-16(12-22)23-18(31-20)17-3-2-10-30-17/h2-5,10-11,24H,6-9H2,1H3. The minimum atomic E-state index is -3.54. The number of piperazine rings is 1. The highest BCUT2D eigenvalue weighted by Crippen LogP contribution is 2.29. The first kappa shape index (κ1) is 21.7. The van der Waals surface area contributed by atoms with Gasteiger partial charge in [-0.1, -0.05) is 11.6 Å². The Balaban J connectivity index is 1.47. The molecule has 0 aliphatic carbocycles. The molecule has 3 aromatic rings. The normalized spacial score (nSPS) is 14.3. The van der Waals surface area contributed by atoms with Crippen LogP contribution in [-0.2, 0) is 10.0 Å². The molecule has 0 bridgehead atoms. The molecule has 32 heavy (non-hydrogen) atoms. The van der Waals surface area contributed by atoms with Crippen molar-refractivity contribution < 1.29 is 22.0 Å². The van der Waals surface area contributed by atoms with Gasteiger partial charge in [0.05, 0.1) is 23.2 Å². The summed E-state index contributed by atoms with van der Waals surface area (Å²) in [7, 11) is -3.54. The number of furan rings is 1. The highest BCUT2D eigenvalue weighted by molar-refractivity contribution is 7.92. The summed E-state index contributed by atoms with van der Waals surface area (Å²) in [6, 6.07) is 9.85. The van der Waals surface area contributed by atoms with Crippen molar-refractivity contribution in [1.82, 2.24) is 9.88 Å². The third-order valence-corrected chi connectivity index (χ3v) is 5.73. The van der Waals surface area contributed by atoms with E-state index in [9.17, 15) is 18.5 Å².